The van der Waals surface area contributed by atoms with Crippen LogP contribution in [-0.2, 0) is 29.2 Å². The number of aliphatic hydroxyl groups excluding tert-OH is 1. The second-order valence-corrected chi connectivity index (χ2v) is 11.8. The molecule has 0 radical (unpaired) electrons. The lowest BCUT2D eigenvalue weighted by atomic mass is 9.98. The SMILES string of the molecule is CN(Cc1ccccc1)C[C@H]1C[C@@H](c2ccc(CO)cc2)O[C@@H](c2cccc(-c3cccc(CNC(=O)c4cccnc4)c3)c2)O1. The summed E-state index contributed by atoms with van der Waals surface area (Å²) in [5.74, 6) is -0.156. The molecule has 0 saturated carbocycles. The number of aliphatic hydroxyl groups is 1. The number of likely N-dealkylation sites (N-methyl/N-ethyl adjacent to an activating group) is 1. The highest BCUT2D eigenvalue weighted by Crippen LogP contribution is 2.39. The molecule has 46 heavy (non-hydrogen) atoms. The first-order chi connectivity index (χ1) is 22.5. The van der Waals surface area contributed by atoms with E-state index in [4.69, 9.17) is 9.47 Å². The number of hydrogen-bond acceptors (Lipinski definition) is 6. The maximum Gasteiger partial charge on any atom is 0.253 e. The minimum absolute atomic E-state index is 0.00924. The van der Waals surface area contributed by atoms with Crippen molar-refractivity contribution >= 4 is 5.91 Å². The van der Waals surface area contributed by atoms with Gasteiger partial charge in [-0.05, 0) is 64.7 Å². The van der Waals surface area contributed by atoms with Crippen molar-refractivity contribution in [1.29, 1.82) is 0 Å². The fourth-order valence-electron chi connectivity index (χ4n) is 5.85. The molecule has 1 aliphatic rings. The van der Waals surface area contributed by atoms with Crippen LogP contribution < -0.4 is 5.32 Å². The van der Waals surface area contributed by atoms with Crippen molar-refractivity contribution < 1.29 is 19.4 Å². The molecule has 2 heterocycles. The Balaban J connectivity index is 1.19. The minimum atomic E-state index is -0.548. The van der Waals surface area contributed by atoms with E-state index < -0.39 is 6.29 Å². The zero-order valence-corrected chi connectivity index (χ0v) is 26.0. The van der Waals surface area contributed by atoms with E-state index in [-0.39, 0.29) is 24.7 Å². The molecule has 5 aromatic rings. The largest absolute Gasteiger partial charge is 0.392 e. The molecule has 0 unspecified atom stereocenters. The first kappa shape index (κ1) is 31.3. The van der Waals surface area contributed by atoms with Crippen molar-refractivity contribution in [2.45, 2.75) is 44.6 Å². The van der Waals surface area contributed by atoms with Crippen LogP contribution in [0.2, 0.25) is 0 Å². The molecule has 7 heteroatoms. The zero-order valence-electron chi connectivity index (χ0n) is 26.0. The summed E-state index contributed by atoms with van der Waals surface area (Å²) in [5.41, 5.74) is 7.76. The fourth-order valence-corrected chi connectivity index (χ4v) is 5.85. The molecule has 4 aromatic carbocycles. The summed E-state index contributed by atoms with van der Waals surface area (Å²) in [6, 6.07) is 38.4. The number of ether oxygens (including phenoxy) is 2. The number of benzene rings is 4. The molecule has 1 saturated heterocycles. The second kappa shape index (κ2) is 15.1. The lowest BCUT2D eigenvalue weighted by Gasteiger charge is -2.38. The number of carbonyl (C=O) groups is 1. The Labute approximate surface area is 270 Å². The Hall–Kier alpha value is -4.66. The van der Waals surface area contributed by atoms with Gasteiger partial charge in [0.1, 0.15) is 0 Å². The molecule has 3 atom stereocenters. The number of amides is 1. The van der Waals surface area contributed by atoms with Crippen molar-refractivity contribution in [2.75, 3.05) is 13.6 Å². The molecule has 7 nitrogen and oxygen atoms in total. The lowest BCUT2D eigenvalue weighted by Crippen LogP contribution is -2.37. The van der Waals surface area contributed by atoms with Crippen LogP contribution in [0.1, 0.15) is 57.0 Å². The van der Waals surface area contributed by atoms with E-state index in [1.54, 1.807) is 24.5 Å². The minimum Gasteiger partial charge on any atom is -0.392 e. The number of aromatic nitrogens is 1. The van der Waals surface area contributed by atoms with Gasteiger partial charge in [-0.1, -0.05) is 91.0 Å². The molecule has 2 N–H and O–H groups in total. The predicted molar refractivity (Wildman–Crippen MR) is 178 cm³/mol. The van der Waals surface area contributed by atoms with Crippen molar-refractivity contribution in [1.82, 2.24) is 15.2 Å². The number of hydrogen-bond donors (Lipinski definition) is 2. The normalized spacial score (nSPS) is 17.9. The van der Waals surface area contributed by atoms with Gasteiger partial charge in [0.05, 0.1) is 24.4 Å². The first-order valence-corrected chi connectivity index (χ1v) is 15.6. The van der Waals surface area contributed by atoms with Gasteiger partial charge in [-0.3, -0.25) is 14.7 Å². The van der Waals surface area contributed by atoms with E-state index in [1.807, 2.05) is 54.6 Å². The monoisotopic (exact) mass is 613 g/mol. The Morgan fingerprint density at radius 1 is 0.826 bits per heavy atom. The van der Waals surface area contributed by atoms with Crippen LogP contribution in [0.4, 0.5) is 0 Å². The highest BCUT2D eigenvalue weighted by atomic mass is 16.7. The number of rotatable bonds is 11. The second-order valence-electron chi connectivity index (χ2n) is 11.8. The summed E-state index contributed by atoms with van der Waals surface area (Å²) in [5, 5.41) is 12.5. The average Bonchev–Trinajstić information content (AvgIpc) is 3.11. The van der Waals surface area contributed by atoms with Gasteiger partial charge in [0.25, 0.3) is 5.91 Å². The fraction of sp³-hybridized carbons (Fsp3) is 0.231. The van der Waals surface area contributed by atoms with E-state index >= 15 is 0 Å². The van der Waals surface area contributed by atoms with Crippen molar-refractivity contribution in [3.8, 4) is 11.1 Å². The van der Waals surface area contributed by atoms with Crippen molar-refractivity contribution in [3.05, 3.63) is 161 Å². The Kier molecular flexibility index (Phi) is 10.3. The third kappa shape index (κ3) is 8.13. The summed E-state index contributed by atoms with van der Waals surface area (Å²) in [6.07, 6.45) is 3.18. The molecule has 0 spiro atoms. The van der Waals surface area contributed by atoms with Crippen LogP contribution in [0.25, 0.3) is 11.1 Å². The maximum absolute atomic E-state index is 12.5. The molecule has 1 fully saturated rings. The van der Waals surface area contributed by atoms with Gasteiger partial charge in [0.2, 0.25) is 0 Å². The topological polar surface area (TPSA) is 83.9 Å². The molecule has 1 aliphatic heterocycles. The van der Waals surface area contributed by atoms with E-state index in [1.165, 1.54) is 5.56 Å². The highest BCUT2D eigenvalue weighted by molar-refractivity contribution is 5.93. The van der Waals surface area contributed by atoms with Gasteiger partial charge in [-0.25, -0.2) is 0 Å². The molecule has 0 bridgehead atoms. The van der Waals surface area contributed by atoms with Crippen LogP contribution in [0.5, 0.6) is 0 Å². The molecule has 1 amide bonds. The zero-order chi connectivity index (χ0) is 31.7. The van der Waals surface area contributed by atoms with E-state index in [9.17, 15) is 9.90 Å². The molecule has 6 rings (SSSR count). The molecular weight excluding hydrogens is 574 g/mol. The van der Waals surface area contributed by atoms with E-state index in [0.29, 0.717) is 12.1 Å². The van der Waals surface area contributed by atoms with Crippen LogP contribution >= 0.6 is 0 Å². The van der Waals surface area contributed by atoms with Crippen LogP contribution in [-0.4, -0.2) is 40.6 Å². The number of carbonyl (C=O) groups excluding carboxylic acids is 1. The quantitative estimate of drug-likeness (QED) is 0.170. The van der Waals surface area contributed by atoms with Crippen LogP contribution in [0.3, 0.4) is 0 Å². The molecule has 234 valence electrons. The lowest BCUT2D eigenvalue weighted by molar-refractivity contribution is -0.252. The van der Waals surface area contributed by atoms with Gasteiger partial charge >= 0.3 is 0 Å². The smallest absolute Gasteiger partial charge is 0.253 e. The van der Waals surface area contributed by atoms with Gasteiger partial charge in [0, 0.05) is 44.0 Å². The Bertz CT molecular complexity index is 1710. The van der Waals surface area contributed by atoms with Crippen molar-refractivity contribution in [2.24, 2.45) is 0 Å². The highest BCUT2D eigenvalue weighted by Gasteiger charge is 2.33. The van der Waals surface area contributed by atoms with Gasteiger partial charge in [-0.2, -0.15) is 0 Å². The Morgan fingerprint density at radius 3 is 2.35 bits per heavy atom. The first-order valence-electron chi connectivity index (χ1n) is 15.6. The summed E-state index contributed by atoms with van der Waals surface area (Å²) in [7, 11) is 2.12. The summed E-state index contributed by atoms with van der Waals surface area (Å²) in [4.78, 5) is 18.9. The molecule has 1 aromatic heterocycles. The van der Waals surface area contributed by atoms with Gasteiger partial charge in [0.15, 0.2) is 6.29 Å². The number of nitrogens with zero attached hydrogens (tertiary/aromatic N) is 2. The maximum atomic E-state index is 12.5. The van der Waals surface area contributed by atoms with Crippen LogP contribution in [0, 0.1) is 0 Å². The Morgan fingerprint density at radius 2 is 1.59 bits per heavy atom. The third-order valence-corrected chi connectivity index (χ3v) is 8.22. The molecule has 0 aliphatic carbocycles. The average molecular weight is 614 g/mol. The predicted octanol–water partition coefficient (Wildman–Crippen LogP) is 6.85. The van der Waals surface area contributed by atoms with E-state index in [2.05, 4.69) is 70.8 Å². The summed E-state index contributed by atoms with van der Waals surface area (Å²) >= 11 is 0. The standard InChI is InChI=1S/C39H39N3O4/c1-42(25-28-8-3-2-4-9-28)26-36-22-37(31-17-15-29(27-43)16-18-31)46-39(45-36)34-13-6-12-33(21-34)32-11-5-10-30(20-32)23-41-38(44)35-14-7-19-40-24-35/h2-21,24,36-37,39,43H,22-23,25-27H2,1H3,(H,41,44)/t36-,37+,39+/m1/s1. The third-order valence-electron chi connectivity index (χ3n) is 8.22. The van der Waals surface area contributed by atoms with Gasteiger partial charge < -0.3 is 19.9 Å². The summed E-state index contributed by atoms with van der Waals surface area (Å²) in [6.45, 7) is 2.00. The van der Waals surface area contributed by atoms with E-state index in [0.717, 1.165) is 52.9 Å². The summed E-state index contributed by atoms with van der Waals surface area (Å²) < 4.78 is 13.3. The number of nitrogens with one attached hydrogen (secondary N) is 1. The van der Waals surface area contributed by atoms with Crippen molar-refractivity contribution in [3.63, 3.8) is 0 Å². The number of pyridine rings is 1. The van der Waals surface area contributed by atoms with Crippen LogP contribution in [0.15, 0.2) is 128 Å². The molecular formula is C39H39N3O4. The van der Waals surface area contributed by atoms with Gasteiger partial charge in [-0.15, -0.1) is 0 Å².